The van der Waals surface area contributed by atoms with E-state index in [0.717, 1.165) is 19.5 Å². The van der Waals surface area contributed by atoms with Crippen LogP contribution in [-0.2, 0) is 4.79 Å². The maximum absolute atomic E-state index is 10.3. The third-order valence-electron chi connectivity index (χ3n) is 1.27. The van der Waals surface area contributed by atoms with Crippen LogP contribution in [-0.4, -0.2) is 19.0 Å². The summed E-state index contributed by atoms with van der Waals surface area (Å²) in [6.45, 7) is 3.70. The zero-order valence-electron chi connectivity index (χ0n) is 6.97. The summed E-state index contributed by atoms with van der Waals surface area (Å²) in [7, 11) is 0. The lowest BCUT2D eigenvalue weighted by atomic mass is 10.3. The molecule has 0 rings (SSSR count). The number of allylic oxidation sites excluding steroid dienone is 1. The number of hydrogen-bond donors (Lipinski definition) is 2. The van der Waals surface area contributed by atoms with Gasteiger partial charge in [0.2, 0.25) is 5.91 Å². The summed E-state index contributed by atoms with van der Waals surface area (Å²) in [6, 6.07) is 0. The van der Waals surface area contributed by atoms with E-state index in [0.29, 0.717) is 6.42 Å². The van der Waals surface area contributed by atoms with E-state index in [1.165, 1.54) is 0 Å². The molecule has 0 saturated carbocycles. The van der Waals surface area contributed by atoms with Gasteiger partial charge < -0.3 is 11.1 Å². The maximum atomic E-state index is 10.3. The summed E-state index contributed by atoms with van der Waals surface area (Å²) >= 11 is 0. The van der Waals surface area contributed by atoms with Crippen LogP contribution in [0, 0.1) is 0 Å². The summed E-state index contributed by atoms with van der Waals surface area (Å²) < 4.78 is 0. The molecular formula is C8H16N2O. The van der Waals surface area contributed by atoms with Crippen LogP contribution in [0.3, 0.4) is 0 Å². The second-order valence-corrected chi connectivity index (χ2v) is 2.34. The van der Waals surface area contributed by atoms with Crippen LogP contribution in [0.5, 0.6) is 0 Å². The van der Waals surface area contributed by atoms with Crippen molar-refractivity contribution in [3.63, 3.8) is 0 Å². The Labute approximate surface area is 67.7 Å². The maximum Gasteiger partial charge on any atom is 0.217 e. The van der Waals surface area contributed by atoms with Crippen molar-refractivity contribution < 1.29 is 4.79 Å². The highest BCUT2D eigenvalue weighted by Crippen LogP contribution is 1.83. The van der Waals surface area contributed by atoms with Gasteiger partial charge in [-0.05, 0) is 19.9 Å². The van der Waals surface area contributed by atoms with Gasteiger partial charge in [-0.3, -0.25) is 4.79 Å². The lowest BCUT2D eigenvalue weighted by molar-refractivity contribution is -0.118. The summed E-state index contributed by atoms with van der Waals surface area (Å²) in [6.07, 6.45) is 5.32. The molecule has 1 amide bonds. The molecule has 0 heterocycles. The average molecular weight is 156 g/mol. The first-order valence-corrected chi connectivity index (χ1v) is 3.87. The van der Waals surface area contributed by atoms with Gasteiger partial charge in [-0.15, -0.1) is 0 Å². The van der Waals surface area contributed by atoms with Crippen LogP contribution in [0.2, 0.25) is 0 Å². The Morgan fingerprint density at radius 1 is 1.64 bits per heavy atom. The van der Waals surface area contributed by atoms with Gasteiger partial charge in [0.25, 0.3) is 0 Å². The van der Waals surface area contributed by atoms with Crippen molar-refractivity contribution in [2.24, 2.45) is 5.73 Å². The number of hydrogen-bond acceptors (Lipinski definition) is 2. The van der Waals surface area contributed by atoms with E-state index in [2.05, 4.69) is 5.32 Å². The number of primary amides is 1. The quantitative estimate of drug-likeness (QED) is 0.432. The molecule has 3 N–H and O–H groups in total. The number of amides is 1. The number of nitrogens with two attached hydrogens (primary N) is 1. The Kier molecular flexibility index (Phi) is 6.73. The van der Waals surface area contributed by atoms with Crippen molar-refractivity contribution in [1.29, 1.82) is 0 Å². The summed E-state index contributed by atoms with van der Waals surface area (Å²) in [5, 5.41) is 3.15. The average Bonchev–Trinajstić information content (AvgIpc) is 1.96. The van der Waals surface area contributed by atoms with Crippen molar-refractivity contribution in [1.82, 2.24) is 5.32 Å². The molecule has 0 fully saturated rings. The van der Waals surface area contributed by atoms with Crippen LogP contribution in [0.4, 0.5) is 0 Å². The van der Waals surface area contributed by atoms with Crippen LogP contribution in [0.15, 0.2) is 12.2 Å². The molecule has 0 aromatic rings. The van der Waals surface area contributed by atoms with E-state index in [1.54, 1.807) is 0 Å². The van der Waals surface area contributed by atoms with Gasteiger partial charge in [-0.2, -0.15) is 0 Å². The minimum absolute atomic E-state index is 0.224. The SMILES string of the molecule is C/C=C/CNCCCC(N)=O. The Hall–Kier alpha value is -0.830. The Bertz CT molecular complexity index is 132. The van der Waals surface area contributed by atoms with E-state index >= 15 is 0 Å². The Balaban J connectivity index is 2.96. The molecule has 3 heteroatoms. The van der Waals surface area contributed by atoms with E-state index in [4.69, 9.17) is 5.73 Å². The first-order valence-electron chi connectivity index (χ1n) is 3.87. The second-order valence-electron chi connectivity index (χ2n) is 2.34. The van der Waals surface area contributed by atoms with Crippen molar-refractivity contribution in [3.05, 3.63) is 12.2 Å². The normalized spacial score (nSPS) is 10.6. The molecule has 0 aliphatic rings. The van der Waals surface area contributed by atoms with Gasteiger partial charge in [0.15, 0.2) is 0 Å². The Morgan fingerprint density at radius 2 is 2.36 bits per heavy atom. The molecule has 0 aromatic heterocycles. The fourth-order valence-electron chi connectivity index (χ4n) is 0.691. The molecule has 0 aliphatic heterocycles. The van der Waals surface area contributed by atoms with E-state index in [-0.39, 0.29) is 5.91 Å². The number of rotatable bonds is 6. The van der Waals surface area contributed by atoms with Crippen LogP contribution in [0.1, 0.15) is 19.8 Å². The van der Waals surface area contributed by atoms with Crippen LogP contribution in [0.25, 0.3) is 0 Å². The molecule has 3 nitrogen and oxygen atoms in total. The van der Waals surface area contributed by atoms with Crippen molar-refractivity contribution in [2.45, 2.75) is 19.8 Å². The molecule has 0 aromatic carbocycles. The van der Waals surface area contributed by atoms with Gasteiger partial charge in [0, 0.05) is 13.0 Å². The van der Waals surface area contributed by atoms with Crippen molar-refractivity contribution in [2.75, 3.05) is 13.1 Å². The third kappa shape index (κ3) is 9.17. The number of carbonyl (C=O) groups is 1. The van der Waals surface area contributed by atoms with Crippen molar-refractivity contribution >= 4 is 5.91 Å². The second kappa shape index (κ2) is 7.28. The first-order chi connectivity index (χ1) is 5.27. The zero-order chi connectivity index (χ0) is 8.53. The summed E-state index contributed by atoms with van der Waals surface area (Å²) in [5.41, 5.74) is 4.95. The zero-order valence-corrected chi connectivity index (χ0v) is 6.97. The molecular weight excluding hydrogens is 140 g/mol. The minimum Gasteiger partial charge on any atom is -0.370 e. The fraction of sp³-hybridized carbons (Fsp3) is 0.625. The summed E-state index contributed by atoms with van der Waals surface area (Å²) in [4.78, 5) is 10.3. The van der Waals surface area contributed by atoms with Crippen molar-refractivity contribution in [3.8, 4) is 0 Å². The smallest absolute Gasteiger partial charge is 0.217 e. The van der Waals surface area contributed by atoms with Gasteiger partial charge in [-0.25, -0.2) is 0 Å². The highest BCUT2D eigenvalue weighted by atomic mass is 16.1. The predicted octanol–water partition coefficient (Wildman–Crippen LogP) is 0.418. The molecule has 64 valence electrons. The highest BCUT2D eigenvalue weighted by Gasteiger charge is 1.91. The van der Waals surface area contributed by atoms with Gasteiger partial charge in [0.1, 0.15) is 0 Å². The number of carbonyl (C=O) groups excluding carboxylic acids is 1. The van der Waals surface area contributed by atoms with E-state index in [9.17, 15) is 4.79 Å². The van der Waals surface area contributed by atoms with Gasteiger partial charge in [0.05, 0.1) is 0 Å². The molecule has 0 unspecified atom stereocenters. The van der Waals surface area contributed by atoms with E-state index < -0.39 is 0 Å². The third-order valence-corrected chi connectivity index (χ3v) is 1.27. The minimum atomic E-state index is -0.224. The van der Waals surface area contributed by atoms with Crippen LogP contribution < -0.4 is 11.1 Å². The fourth-order valence-corrected chi connectivity index (χ4v) is 0.691. The molecule has 0 radical (unpaired) electrons. The van der Waals surface area contributed by atoms with Crippen LogP contribution >= 0.6 is 0 Å². The molecule has 0 atom stereocenters. The standard InChI is InChI=1S/C8H16N2O/c1-2-3-6-10-7-4-5-8(9)11/h2-3,10H,4-7H2,1H3,(H2,9,11)/b3-2+. The lowest BCUT2D eigenvalue weighted by Crippen LogP contribution is -2.18. The van der Waals surface area contributed by atoms with Gasteiger partial charge >= 0.3 is 0 Å². The molecule has 0 aliphatic carbocycles. The first kappa shape index (κ1) is 10.2. The topological polar surface area (TPSA) is 55.1 Å². The van der Waals surface area contributed by atoms with Gasteiger partial charge in [-0.1, -0.05) is 12.2 Å². The molecule has 0 saturated heterocycles. The number of nitrogens with one attached hydrogen (secondary N) is 1. The highest BCUT2D eigenvalue weighted by molar-refractivity contribution is 5.73. The molecule has 0 spiro atoms. The van der Waals surface area contributed by atoms with E-state index in [1.807, 2.05) is 19.1 Å². The molecule has 0 bridgehead atoms. The Morgan fingerprint density at radius 3 is 2.91 bits per heavy atom. The predicted molar refractivity (Wildman–Crippen MR) is 46.1 cm³/mol. The summed E-state index contributed by atoms with van der Waals surface area (Å²) in [5.74, 6) is -0.224. The lowest BCUT2D eigenvalue weighted by Gasteiger charge is -1.98. The largest absolute Gasteiger partial charge is 0.370 e. The molecule has 11 heavy (non-hydrogen) atoms. The monoisotopic (exact) mass is 156 g/mol.